The second-order valence-corrected chi connectivity index (χ2v) is 6.42. The number of rotatable bonds is 9. The Hall–Kier alpha value is -3.06. The summed E-state index contributed by atoms with van der Waals surface area (Å²) in [6.07, 6.45) is -1.23. The average Bonchev–Trinajstić information content (AvgIpc) is 2.68. The highest BCUT2D eigenvalue weighted by Crippen LogP contribution is 2.19. The van der Waals surface area contributed by atoms with E-state index in [1.807, 2.05) is 26.0 Å². The van der Waals surface area contributed by atoms with Gasteiger partial charge in [0.1, 0.15) is 30.6 Å². The summed E-state index contributed by atoms with van der Waals surface area (Å²) in [6, 6.07) is 12.6. The van der Waals surface area contributed by atoms with Crippen molar-refractivity contribution in [3.63, 3.8) is 0 Å². The maximum Gasteiger partial charge on any atom is 0.233 e. The molecule has 0 saturated heterocycles. The van der Waals surface area contributed by atoms with Crippen molar-refractivity contribution in [2.45, 2.75) is 26.4 Å². The van der Waals surface area contributed by atoms with E-state index < -0.39 is 17.9 Å². The number of hydrogen-bond acceptors (Lipinski definition) is 5. The number of amides is 2. The lowest BCUT2D eigenvalue weighted by Gasteiger charge is -2.14. The largest absolute Gasteiger partial charge is 0.497 e. The number of aliphatic hydroxyl groups is 1. The molecule has 0 aromatic heterocycles. The van der Waals surface area contributed by atoms with Gasteiger partial charge in [0.2, 0.25) is 11.8 Å². The summed E-state index contributed by atoms with van der Waals surface area (Å²) in [6.45, 7) is 3.85. The van der Waals surface area contributed by atoms with Crippen LogP contribution in [0.1, 0.15) is 17.5 Å². The monoisotopic (exact) mass is 386 g/mol. The van der Waals surface area contributed by atoms with Gasteiger partial charge >= 0.3 is 0 Å². The Bertz CT molecular complexity index is 822. The molecule has 0 heterocycles. The minimum Gasteiger partial charge on any atom is -0.497 e. The predicted octanol–water partition coefficient (Wildman–Crippen LogP) is 2.20. The molecule has 2 amide bonds. The van der Waals surface area contributed by atoms with Gasteiger partial charge in [-0.15, -0.1) is 0 Å². The van der Waals surface area contributed by atoms with Crippen molar-refractivity contribution >= 4 is 17.5 Å². The Morgan fingerprint density at radius 2 is 1.79 bits per heavy atom. The van der Waals surface area contributed by atoms with Crippen LogP contribution in [0.5, 0.6) is 11.5 Å². The van der Waals surface area contributed by atoms with Crippen molar-refractivity contribution in [2.24, 2.45) is 0 Å². The Labute approximate surface area is 164 Å². The molecule has 7 nitrogen and oxygen atoms in total. The fourth-order valence-electron chi connectivity index (χ4n) is 2.46. The van der Waals surface area contributed by atoms with E-state index in [1.54, 1.807) is 37.4 Å². The second-order valence-electron chi connectivity index (χ2n) is 6.42. The van der Waals surface area contributed by atoms with Crippen molar-refractivity contribution < 1.29 is 24.2 Å². The molecule has 3 N–H and O–H groups in total. The number of anilines is 1. The molecule has 0 saturated carbocycles. The number of benzene rings is 2. The Morgan fingerprint density at radius 3 is 2.54 bits per heavy atom. The summed E-state index contributed by atoms with van der Waals surface area (Å²) < 4.78 is 10.6. The average molecular weight is 386 g/mol. The zero-order chi connectivity index (χ0) is 20.5. The molecule has 0 fully saturated rings. The van der Waals surface area contributed by atoms with E-state index in [9.17, 15) is 14.7 Å². The lowest BCUT2D eigenvalue weighted by atomic mass is 10.1. The van der Waals surface area contributed by atoms with Crippen LogP contribution in [0, 0.1) is 13.8 Å². The van der Waals surface area contributed by atoms with E-state index in [0.29, 0.717) is 17.2 Å². The third-order valence-electron chi connectivity index (χ3n) is 4.22. The minimum atomic E-state index is -0.905. The summed E-state index contributed by atoms with van der Waals surface area (Å²) in [5.41, 5.74) is 2.70. The van der Waals surface area contributed by atoms with Crippen molar-refractivity contribution in [3.05, 3.63) is 53.6 Å². The van der Waals surface area contributed by atoms with E-state index in [-0.39, 0.29) is 19.6 Å². The van der Waals surface area contributed by atoms with Gasteiger partial charge in [-0.05, 0) is 43.2 Å². The third kappa shape index (κ3) is 6.59. The number of carbonyl (C=O) groups is 2. The summed E-state index contributed by atoms with van der Waals surface area (Å²) in [7, 11) is 1.56. The number of methoxy groups -OCH3 is 1. The highest BCUT2D eigenvalue weighted by Gasteiger charge is 2.13. The standard InChI is InChI=1S/C21H26N2O5/c1-14-6-4-9-19(15(14)2)23-21(26)11-20(25)22-12-16(24)13-28-18-8-5-7-17(10-18)27-3/h4-10,16,24H,11-13H2,1-3H3,(H,22,25)(H,23,26)/t16-/m1/s1. The van der Waals surface area contributed by atoms with Crippen LogP contribution >= 0.6 is 0 Å². The van der Waals surface area contributed by atoms with Crippen LogP contribution in [0.25, 0.3) is 0 Å². The number of aryl methyl sites for hydroxylation is 1. The molecule has 0 bridgehead atoms. The van der Waals surface area contributed by atoms with Crippen molar-refractivity contribution in [2.75, 3.05) is 25.6 Å². The summed E-state index contributed by atoms with van der Waals surface area (Å²) in [5.74, 6) is 0.323. The lowest BCUT2D eigenvalue weighted by molar-refractivity contribution is -0.127. The van der Waals surface area contributed by atoms with Crippen molar-refractivity contribution in [3.8, 4) is 11.5 Å². The quantitative estimate of drug-likeness (QED) is 0.574. The number of carbonyl (C=O) groups excluding carboxylic acids is 2. The topological polar surface area (TPSA) is 96.9 Å². The zero-order valence-electron chi connectivity index (χ0n) is 16.3. The van der Waals surface area contributed by atoms with Crippen LogP contribution in [-0.2, 0) is 9.59 Å². The fraction of sp³-hybridized carbons (Fsp3) is 0.333. The van der Waals surface area contributed by atoms with Gasteiger partial charge in [-0.3, -0.25) is 9.59 Å². The van der Waals surface area contributed by atoms with Crippen LogP contribution in [0.15, 0.2) is 42.5 Å². The highest BCUT2D eigenvalue weighted by atomic mass is 16.5. The molecule has 0 aliphatic heterocycles. The van der Waals surface area contributed by atoms with Crippen LogP contribution in [0.3, 0.4) is 0 Å². The van der Waals surface area contributed by atoms with Gasteiger partial charge in [0.05, 0.1) is 7.11 Å². The Balaban J connectivity index is 1.72. The normalized spacial score (nSPS) is 11.4. The van der Waals surface area contributed by atoms with Crippen LogP contribution in [0.2, 0.25) is 0 Å². The molecule has 2 aromatic carbocycles. The van der Waals surface area contributed by atoms with Crippen LogP contribution in [-0.4, -0.2) is 43.3 Å². The van der Waals surface area contributed by atoms with Gasteiger partial charge in [0, 0.05) is 18.3 Å². The highest BCUT2D eigenvalue weighted by molar-refractivity contribution is 6.03. The molecule has 2 rings (SSSR count). The molecule has 2 aromatic rings. The first-order chi connectivity index (χ1) is 13.4. The predicted molar refractivity (Wildman–Crippen MR) is 107 cm³/mol. The summed E-state index contributed by atoms with van der Waals surface area (Å²) in [5, 5.41) is 15.2. The lowest BCUT2D eigenvalue weighted by Crippen LogP contribution is -2.36. The first-order valence-corrected chi connectivity index (χ1v) is 8.96. The molecule has 0 radical (unpaired) electrons. The number of aliphatic hydroxyl groups excluding tert-OH is 1. The Kier molecular flexibility index (Phi) is 7.83. The zero-order valence-corrected chi connectivity index (χ0v) is 16.3. The van der Waals surface area contributed by atoms with E-state index in [4.69, 9.17) is 9.47 Å². The molecule has 0 unspecified atom stereocenters. The van der Waals surface area contributed by atoms with E-state index >= 15 is 0 Å². The third-order valence-corrected chi connectivity index (χ3v) is 4.22. The molecule has 1 atom stereocenters. The summed E-state index contributed by atoms with van der Waals surface area (Å²) in [4.78, 5) is 23.9. The molecule has 150 valence electrons. The first-order valence-electron chi connectivity index (χ1n) is 8.96. The molecule has 0 spiro atoms. The van der Waals surface area contributed by atoms with Gasteiger partial charge in [-0.2, -0.15) is 0 Å². The first kappa shape index (κ1) is 21.2. The molecule has 0 aliphatic rings. The maximum atomic E-state index is 12.0. The smallest absolute Gasteiger partial charge is 0.233 e. The number of ether oxygens (including phenoxy) is 2. The number of nitrogens with one attached hydrogen (secondary N) is 2. The van der Waals surface area contributed by atoms with E-state index in [2.05, 4.69) is 10.6 Å². The molecule has 7 heteroatoms. The second kappa shape index (κ2) is 10.3. The van der Waals surface area contributed by atoms with Gasteiger partial charge in [-0.1, -0.05) is 18.2 Å². The van der Waals surface area contributed by atoms with Gasteiger partial charge in [0.15, 0.2) is 0 Å². The molecular formula is C21H26N2O5. The molecule has 0 aliphatic carbocycles. The fourth-order valence-corrected chi connectivity index (χ4v) is 2.46. The van der Waals surface area contributed by atoms with E-state index in [0.717, 1.165) is 11.1 Å². The van der Waals surface area contributed by atoms with Gasteiger partial charge in [-0.25, -0.2) is 0 Å². The number of hydrogen-bond donors (Lipinski definition) is 3. The van der Waals surface area contributed by atoms with Crippen LogP contribution in [0.4, 0.5) is 5.69 Å². The maximum absolute atomic E-state index is 12.0. The van der Waals surface area contributed by atoms with Gasteiger partial charge in [0.25, 0.3) is 0 Å². The van der Waals surface area contributed by atoms with Crippen LogP contribution < -0.4 is 20.1 Å². The minimum absolute atomic E-state index is 0.00211. The van der Waals surface area contributed by atoms with Crippen molar-refractivity contribution in [1.29, 1.82) is 0 Å². The van der Waals surface area contributed by atoms with Gasteiger partial charge < -0.3 is 25.2 Å². The summed E-state index contributed by atoms with van der Waals surface area (Å²) >= 11 is 0. The molecular weight excluding hydrogens is 360 g/mol. The van der Waals surface area contributed by atoms with E-state index in [1.165, 1.54) is 0 Å². The van der Waals surface area contributed by atoms with Crippen molar-refractivity contribution in [1.82, 2.24) is 5.32 Å². The Morgan fingerprint density at radius 1 is 1.07 bits per heavy atom. The SMILES string of the molecule is COc1cccc(OC[C@H](O)CNC(=O)CC(=O)Nc2cccc(C)c2C)c1. The molecule has 28 heavy (non-hydrogen) atoms.